The molecule has 0 bridgehead atoms. The Labute approximate surface area is 296 Å². The van der Waals surface area contributed by atoms with Crippen LogP contribution in [0.25, 0.3) is 22.4 Å². The van der Waals surface area contributed by atoms with Crippen molar-refractivity contribution in [3.8, 4) is 11.4 Å². The van der Waals surface area contributed by atoms with Crippen LogP contribution in [0.1, 0.15) is 47.9 Å². The first-order valence-corrected chi connectivity index (χ1v) is 17.5. The van der Waals surface area contributed by atoms with Crippen molar-refractivity contribution in [2.45, 2.75) is 63.8 Å². The van der Waals surface area contributed by atoms with Crippen LogP contribution >= 0.6 is 0 Å². The Morgan fingerprint density at radius 3 is 1.98 bits per heavy atom. The van der Waals surface area contributed by atoms with Gasteiger partial charge in [-0.3, -0.25) is 0 Å². The smallest absolute Gasteiger partial charge is 0.410 e. The van der Waals surface area contributed by atoms with Gasteiger partial charge in [0.15, 0.2) is 5.82 Å². The number of fused-ring (bicyclic) bond motifs is 2. The number of hydrogen-bond donors (Lipinski definition) is 2. The maximum absolute atomic E-state index is 12.5. The predicted octanol–water partition coefficient (Wildman–Crippen LogP) is 7.48. The van der Waals surface area contributed by atoms with E-state index in [1.165, 1.54) is 5.56 Å². The van der Waals surface area contributed by atoms with Gasteiger partial charge in [0.1, 0.15) is 18.9 Å². The average molecular weight is 687 g/mol. The van der Waals surface area contributed by atoms with Gasteiger partial charge >= 0.3 is 12.2 Å². The summed E-state index contributed by atoms with van der Waals surface area (Å²) in [5.41, 5.74) is 6.05. The summed E-state index contributed by atoms with van der Waals surface area (Å²) in [6.45, 7) is 2.08. The predicted molar refractivity (Wildman–Crippen MR) is 192 cm³/mol. The largest absolute Gasteiger partial charge is 0.445 e. The van der Waals surface area contributed by atoms with Gasteiger partial charge in [0.05, 0.1) is 0 Å². The molecule has 51 heavy (non-hydrogen) atoms. The maximum atomic E-state index is 12.5. The Morgan fingerprint density at radius 1 is 0.745 bits per heavy atom. The SMILES string of the molecule is O=C(OCc1ccccc1)N1CCC[C@H]1Cc1c[nH]c2ncccc12.O=C(OCc1ccccc1)N1CCC[C@H]1Cc1cnc2n(O)cccc1-2. The van der Waals surface area contributed by atoms with Crippen molar-refractivity contribution in [2.24, 2.45) is 0 Å². The van der Waals surface area contributed by atoms with E-state index in [1.54, 1.807) is 24.7 Å². The third-order valence-electron chi connectivity index (χ3n) is 9.72. The number of hydrogen-bond acceptors (Lipinski definition) is 7. The molecule has 11 heteroatoms. The Balaban J connectivity index is 0.000000159. The van der Waals surface area contributed by atoms with E-state index in [4.69, 9.17) is 9.47 Å². The molecule has 0 spiro atoms. The molecule has 2 N–H and O–H groups in total. The molecular formula is C40H42N6O5. The molecule has 2 fully saturated rings. The molecule has 8 rings (SSSR count). The van der Waals surface area contributed by atoms with E-state index in [9.17, 15) is 14.8 Å². The van der Waals surface area contributed by atoms with Crippen LogP contribution in [-0.2, 0) is 35.5 Å². The van der Waals surface area contributed by atoms with Gasteiger partial charge in [0.2, 0.25) is 0 Å². The molecular weight excluding hydrogens is 644 g/mol. The minimum atomic E-state index is -0.266. The van der Waals surface area contributed by atoms with Crippen LogP contribution in [0.3, 0.4) is 0 Å². The second kappa shape index (κ2) is 15.8. The number of nitrogens with one attached hydrogen (secondary N) is 1. The van der Waals surface area contributed by atoms with Gasteiger partial charge in [-0.25, -0.2) is 19.6 Å². The van der Waals surface area contributed by atoms with Crippen molar-refractivity contribution in [1.29, 1.82) is 0 Å². The fourth-order valence-electron chi connectivity index (χ4n) is 7.11. The normalized spacial score (nSPS) is 17.0. The molecule has 2 amide bonds. The van der Waals surface area contributed by atoms with Crippen LogP contribution in [-0.4, -0.2) is 72.0 Å². The highest BCUT2D eigenvalue weighted by molar-refractivity contribution is 5.79. The molecule has 4 aliphatic rings. The summed E-state index contributed by atoms with van der Waals surface area (Å²) >= 11 is 0. The van der Waals surface area contributed by atoms with E-state index in [1.807, 2.05) is 88.8 Å². The van der Waals surface area contributed by atoms with Gasteiger partial charge in [-0.15, -0.1) is 0 Å². The van der Waals surface area contributed by atoms with Gasteiger partial charge in [-0.05, 0) is 85.0 Å². The van der Waals surface area contributed by atoms with Crippen molar-refractivity contribution in [3.63, 3.8) is 0 Å². The number of benzene rings is 2. The molecule has 0 saturated carbocycles. The zero-order valence-corrected chi connectivity index (χ0v) is 28.4. The Hall–Kier alpha value is -5.84. The molecule has 0 unspecified atom stereocenters. The number of amides is 2. The van der Waals surface area contributed by atoms with E-state index in [0.29, 0.717) is 25.4 Å². The number of pyridine rings is 2. The summed E-state index contributed by atoms with van der Waals surface area (Å²) in [6, 6.07) is 27.5. The summed E-state index contributed by atoms with van der Waals surface area (Å²) in [6.07, 6.45) is 12.1. The second-order valence-electron chi connectivity index (χ2n) is 13.1. The van der Waals surface area contributed by atoms with E-state index in [0.717, 1.165) is 76.7 Å². The number of nitrogens with zero attached hydrogens (tertiary/aromatic N) is 5. The van der Waals surface area contributed by atoms with E-state index in [2.05, 4.69) is 21.0 Å². The van der Waals surface area contributed by atoms with Crippen molar-refractivity contribution in [1.82, 2.24) is 29.5 Å². The van der Waals surface area contributed by atoms with Crippen LogP contribution in [0.2, 0.25) is 0 Å². The zero-order valence-electron chi connectivity index (χ0n) is 28.4. The number of ether oxygens (including phenoxy) is 2. The summed E-state index contributed by atoms with van der Waals surface area (Å²) in [5, 5.41) is 11.0. The number of carbonyl (C=O) groups is 2. The number of carbonyl (C=O) groups excluding carboxylic acids is 2. The number of aromatic amines is 1. The third-order valence-corrected chi connectivity index (χ3v) is 9.72. The monoisotopic (exact) mass is 686 g/mol. The second-order valence-corrected chi connectivity index (χ2v) is 13.1. The lowest BCUT2D eigenvalue weighted by Crippen LogP contribution is -2.37. The van der Waals surface area contributed by atoms with Gasteiger partial charge in [-0.2, -0.15) is 4.73 Å². The molecule has 11 nitrogen and oxygen atoms in total. The number of H-pyrrole nitrogens is 1. The molecule has 4 aromatic rings. The number of rotatable bonds is 8. The fraction of sp³-hybridized carbons (Fsp3) is 0.300. The standard InChI is InChI=1S/C20H21N3O3.C20H21N3O2/c24-20(26-14-15-6-2-1-3-7-15)22-10-4-8-17(22)12-16-13-21-19-18(16)9-5-11-23(19)25;24-20(25-14-15-6-2-1-3-7-15)23-11-5-8-17(23)12-16-13-22-19-18(16)9-4-10-21-19/h1-3,5-7,9,11,13,17,25H,4,8,10,12,14H2;1-4,6-7,9-10,13,17H,5,8,11-12,14H2,(H,21,22)/t2*17-/m00/s1. The van der Waals surface area contributed by atoms with Gasteiger partial charge < -0.3 is 29.5 Å². The van der Waals surface area contributed by atoms with Gasteiger partial charge in [-0.1, -0.05) is 60.7 Å². The Bertz CT molecular complexity index is 2010. The van der Waals surface area contributed by atoms with Crippen molar-refractivity contribution >= 4 is 23.2 Å². The Morgan fingerprint density at radius 2 is 1.35 bits per heavy atom. The molecule has 262 valence electrons. The lowest BCUT2D eigenvalue weighted by Gasteiger charge is -2.24. The average Bonchev–Trinajstić information content (AvgIpc) is 3.99. The van der Waals surface area contributed by atoms with E-state index < -0.39 is 0 Å². The highest BCUT2D eigenvalue weighted by Gasteiger charge is 2.32. The first-order valence-electron chi connectivity index (χ1n) is 17.5. The van der Waals surface area contributed by atoms with Crippen LogP contribution in [0.5, 0.6) is 0 Å². The highest BCUT2D eigenvalue weighted by atomic mass is 16.6. The minimum Gasteiger partial charge on any atom is -0.445 e. The van der Waals surface area contributed by atoms with Crippen LogP contribution in [0, 0.1) is 0 Å². The summed E-state index contributed by atoms with van der Waals surface area (Å²) < 4.78 is 12.0. The first-order chi connectivity index (χ1) is 25.0. The van der Waals surface area contributed by atoms with Crippen LogP contribution in [0.4, 0.5) is 9.59 Å². The molecule has 0 radical (unpaired) electrons. The topological polar surface area (TPSA) is 126 Å². The summed E-state index contributed by atoms with van der Waals surface area (Å²) in [7, 11) is 0. The van der Waals surface area contributed by atoms with Gasteiger partial charge in [0, 0.05) is 60.9 Å². The number of aromatic nitrogens is 4. The summed E-state index contributed by atoms with van der Waals surface area (Å²) in [5.74, 6) is 0.540. The number of likely N-dealkylation sites (tertiary alicyclic amines) is 2. The van der Waals surface area contributed by atoms with E-state index >= 15 is 0 Å². The zero-order chi connectivity index (χ0) is 35.0. The molecule has 2 saturated heterocycles. The maximum Gasteiger partial charge on any atom is 0.410 e. The van der Waals surface area contributed by atoms with Gasteiger partial charge in [0.25, 0.3) is 0 Å². The molecule has 2 aromatic carbocycles. The molecule has 2 atom stereocenters. The van der Waals surface area contributed by atoms with E-state index in [-0.39, 0.29) is 30.9 Å². The Kier molecular flexibility index (Phi) is 10.4. The third kappa shape index (κ3) is 7.98. The van der Waals surface area contributed by atoms with Crippen molar-refractivity contribution < 1.29 is 24.3 Å². The quantitative estimate of drug-likeness (QED) is 0.159. The van der Waals surface area contributed by atoms with Crippen molar-refractivity contribution in [2.75, 3.05) is 13.1 Å². The lowest BCUT2D eigenvalue weighted by molar-refractivity contribution is 0.0914. The van der Waals surface area contributed by atoms with Crippen molar-refractivity contribution in [3.05, 3.63) is 132 Å². The fourth-order valence-corrected chi connectivity index (χ4v) is 7.11. The molecule has 4 aliphatic heterocycles. The van der Waals surface area contributed by atoms with Crippen LogP contribution in [0.15, 0.2) is 110 Å². The lowest BCUT2D eigenvalue weighted by atomic mass is 10.0. The summed E-state index contributed by atoms with van der Waals surface area (Å²) in [4.78, 5) is 40.5. The minimum absolute atomic E-state index is 0.0954. The molecule has 2 aromatic heterocycles. The first kappa shape index (κ1) is 33.6. The molecule has 0 aliphatic carbocycles. The molecule has 6 heterocycles. The highest BCUT2D eigenvalue weighted by Crippen LogP contribution is 2.30. The van der Waals surface area contributed by atoms with Crippen LogP contribution < -0.4 is 0 Å².